The van der Waals surface area contributed by atoms with Crippen molar-refractivity contribution >= 4 is 81.2 Å². The second-order valence-corrected chi connectivity index (χ2v) is 13.1. The van der Waals surface area contributed by atoms with Gasteiger partial charge in [0, 0.05) is 42.7 Å². The van der Waals surface area contributed by atoms with Crippen LogP contribution in [0.5, 0.6) is 0 Å². The van der Waals surface area contributed by atoms with Crippen molar-refractivity contribution in [1.82, 2.24) is 0 Å². The molecule has 2 aliphatic rings. The second kappa shape index (κ2) is 12.8. The molecule has 1 N–H and O–H groups in total. The summed E-state index contributed by atoms with van der Waals surface area (Å²) in [5, 5.41) is 2.64. The number of alkyl halides is 2. The van der Waals surface area contributed by atoms with Crippen molar-refractivity contribution in [1.29, 1.82) is 0 Å². The molecule has 3 aromatic rings. The number of amides is 1. The van der Waals surface area contributed by atoms with E-state index in [1.54, 1.807) is 0 Å². The molecule has 1 aliphatic heterocycles. The molecule has 3 atom stereocenters. The fraction of sp³-hybridized carbons (Fsp3) is 0.300. The Morgan fingerprint density at radius 2 is 1.59 bits per heavy atom. The molecule has 44 heavy (non-hydrogen) atoms. The molecule has 14 heteroatoms. The zero-order valence-corrected chi connectivity index (χ0v) is 26.0. The van der Waals surface area contributed by atoms with Gasteiger partial charge in [-0.1, -0.05) is 40.9 Å². The van der Waals surface area contributed by atoms with Crippen molar-refractivity contribution in [2.45, 2.75) is 42.0 Å². The minimum Gasteiger partial charge on any atom is -0.370 e. The van der Waals surface area contributed by atoms with Gasteiger partial charge < -0.3 is 10.1 Å². The zero-order chi connectivity index (χ0) is 32.1. The number of halogens is 9. The molecule has 1 amide bonds. The maximum Gasteiger partial charge on any atom is 0.231 e. The Balaban J connectivity index is 1.35. The number of Topliss-reactive ketones (excluding diaryl/α,β-unsaturated/α-hetero) is 2. The lowest BCUT2D eigenvalue weighted by molar-refractivity contribution is -0.127. The first-order valence-electron chi connectivity index (χ1n) is 13.2. The number of carbonyl (C=O) groups excluding carboxylic acids is 3. The molecule has 1 unspecified atom stereocenters. The molecule has 1 aliphatic carbocycles. The average Bonchev–Trinajstić information content (AvgIpc) is 3.26. The Hall–Kier alpha value is -2.40. The van der Waals surface area contributed by atoms with Crippen LogP contribution < -0.4 is 5.32 Å². The van der Waals surface area contributed by atoms with Crippen LogP contribution in [0.4, 0.5) is 23.2 Å². The molecule has 1 heterocycles. The smallest absolute Gasteiger partial charge is 0.231 e. The minimum absolute atomic E-state index is 0.0890. The molecule has 0 spiro atoms. The van der Waals surface area contributed by atoms with Gasteiger partial charge in [-0.2, -0.15) is 0 Å². The number of hydrogen-bond donors (Lipinski definition) is 1. The fourth-order valence-electron chi connectivity index (χ4n) is 5.24. The number of ether oxygens (including phenoxy) is 1. The third-order valence-corrected chi connectivity index (χ3v) is 9.69. The summed E-state index contributed by atoms with van der Waals surface area (Å²) in [7, 11) is 0. The summed E-state index contributed by atoms with van der Waals surface area (Å²) in [5.41, 5.74) is -1.70. The number of nitrogens with one attached hydrogen (secondary N) is 1. The van der Waals surface area contributed by atoms with Gasteiger partial charge in [-0.3, -0.25) is 14.4 Å². The highest BCUT2D eigenvalue weighted by Gasteiger charge is 2.67. The van der Waals surface area contributed by atoms with E-state index >= 15 is 4.39 Å². The lowest BCUT2D eigenvalue weighted by Gasteiger charge is -2.13. The topological polar surface area (TPSA) is 72.5 Å². The van der Waals surface area contributed by atoms with E-state index in [0.717, 1.165) is 18.2 Å². The van der Waals surface area contributed by atoms with Gasteiger partial charge in [-0.05, 0) is 48.2 Å². The standard InChI is InChI=1S/C30H20Cl5F4NO4/c31-17-6-13(7-18(32)26(17)33)24-25(30(24,34)35)29(43)40-14-9-16(28(39)20(37)10-14)21(41)11-15-19(36)4-3-12(27(15)38)8-22(42)23-2-1-5-44-23/h3-4,6-7,9-10,23-25H,1-2,5,8,11H2,(H,40,43)/t23?,24-,25+/m0/s1. The predicted molar refractivity (Wildman–Crippen MR) is 159 cm³/mol. The largest absolute Gasteiger partial charge is 0.370 e. The van der Waals surface area contributed by atoms with Gasteiger partial charge in [-0.15, -0.1) is 23.2 Å². The second-order valence-electron chi connectivity index (χ2n) is 10.5. The summed E-state index contributed by atoms with van der Waals surface area (Å²) in [4.78, 5) is 38.6. The van der Waals surface area contributed by atoms with E-state index in [1.807, 2.05) is 0 Å². The van der Waals surface area contributed by atoms with Crippen molar-refractivity contribution in [3.8, 4) is 0 Å². The molecule has 0 bridgehead atoms. The highest BCUT2D eigenvalue weighted by Crippen LogP contribution is 2.65. The van der Waals surface area contributed by atoms with Crippen molar-refractivity contribution in [2.24, 2.45) is 5.92 Å². The first-order chi connectivity index (χ1) is 20.7. The SMILES string of the molecule is O=C(Cc1c(F)ccc(CC(=O)C2CCCO2)c1F)c1cc(NC(=O)[C@H]2[C@H](c3cc(Cl)c(Cl)c(Cl)c3)C2(Cl)Cl)cc(F)c1F. The molecule has 3 aromatic carbocycles. The van der Waals surface area contributed by atoms with Crippen molar-refractivity contribution < 1.29 is 36.7 Å². The maximum atomic E-state index is 15.2. The first kappa shape index (κ1) is 33.0. The van der Waals surface area contributed by atoms with Crippen LogP contribution in [0.2, 0.25) is 15.1 Å². The van der Waals surface area contributed by atoms with E-state index in [9.17, 15) is 27.6 Å². The Morgan fingerprint density at radius 3 is 2.23 bits per heavy atom. The Morgan fingerprint density at radius 1 is 0.909 bits per heavy atom. The lowest BCUT2D eigenvalue weighted by Crippen LogP contribution is -2.22. The molecule has 5 nitrogen and oxygen atoms in total. The maximum absolute atomic E-state index is 15.2. The highest BCUT2D eigenvalue weighted by molar-refractivity contribution is 6.54. The number of rotatable bonds is 9. The zero-order valence-electron chi connectivity index (χ0n) is 22.3. The predicted octanol–water partition coefficient (Wildman–Crippen LogP) is 8.45. The number of carbonyl (C=O) groups is 3. The first-order valence-corrected chi connectivity index (χ1v) is 15.0. The number of benzene rings is 3. The van der Waals surface area contributed by atoms with Gasteiger partial charge in [0.25, 0.3) is 0 Å². The Kier molecular flexibility index (Phi) is 9.57. The van der Waals surface area contributed by atoms with Gasteiger partial charge >= 0.3 is 0 Å². The van der Waals surface area contributed by atoms with Gasteiger partial charge in [0.15, 0.2) is 23.2 Å². The third kappa shape index (κ3) is 6.46. The third-order valence-electron chi connectivity index (χ3n) is 7.55. The number of anilines is 1. The Labute approximate surface area is 273 Å². The molecule has 232 valence electrons. The van der Waals surface area contributed by atoms with Crippen LogP contribution in [0.25, 0.3) is 0 Å². The monoisotopic (exact) mass is 709 g/mol. The molecule has 0 aromatic heterocycles. The van der Waals surface area contributed by atoms with Gasteiger partial charge in [0.2, 0.25) is 5.91 Å². The van der Waals surface area contributed by atoms with E-state index in [1.165, 1.54) is 12.1 Å². The summed E-state index contributed by atoms with van der Waals surface area (Å²) in [6.45, 7) is 0.398. The van der Waals surface area contributed by atoms with Crippen molar-refractivity contribution in [2.75, 3.05) is 11.9 Å². The fourth-order valence-corrected chi connectivity index (χ4v) is 6.68. The summed E-state index contributed by atoms with van der Waals surface area (Å²) >= 11 is 30.8. The van der Waals surface area contributed by atoms with E-state index < -0.39 is 87.0 Å². The van der Waals surface area contributed by atoms with Crippen LogP contribution in [-0.2, 0) is 27.2 Å². The molecule has 0 radical (unpaired) electrons. The van der Waals surface area contributed by atoms with Crippen LogP contribution in [0.15, 0.2) is 36.4 Å². The summed E-state index contributed by atoms with van der Waals surface area (Å²) < 4.78 is 62.9. The molecule has 5 rings (SSSR count). The molecular weight excluding hydrogens is 692 g/mol. The highest BCUT2D eigenvalue weighted by atomic mass is 35.5. The molecule has 1 saturated carbocycles. The summed E-state index contributed by atoms with van der Waals surface area (Å²) in [5.74, 6) is -9.63. The van der Waals surface area contributed by atoms with Gasteiger partial charge in [-0.25, -0.2) is 17.6 Å². The summed E-state index contributed by atoms with van der Waals surface area (Å²) in [6.07, 6.45) is -0.942. The van der Waals surface area contributed by atoms with Crippen molar-refractivity contribution in [3.63, 3.8) is 0 Å². The van der Waals surface area contributed by atoms with E-state index in [-0.39, 0.29) is 26.3 Å². The van der Waals surface area contributed by atoms with E-state index in [4.69, 9.17) is 62.7 Å². The van der Waals surface area contributed by atoms with Crippen molar-refractivity contribution in [3.05, 3.63) is 97.0 Å². The summed E-state index contributed by atoms with van der Waals surface area (Å²) in [6, 6.07) is 6.29. The van der Waals surface area contributed by atoms with Crippen LogP contribution in [0.3, 0.4) is 0 Å². The molecule has 2 fully saturated rings. The van der Waals surface area contributed by atoms with Gasteiger partial charge in [0.05, 0.1) is 26.5 Å². The molecule has 1 saturated heterocycles. The lowest BCUT2D eigenvalue weighted by atomic mass is 9.96. The normalized spacial score (nSPS) is 20.4. The average molecular weight is 712 g/mol. The van der Waals surface area contributed by atoms with Crippen LogP contribution in [0, 0.1) is 29.2 Å². The Bertz CT molecular complexity index is 1670. The minimum atomic E-state index is -1.62. The number of hydrogen-bond acceptors (Lipinski definition) is 4. The molecular formula is C30H20Cl5F4NO4. The van der Waals surface area contributed by atoms with E-state index in [0.29, 0.717) is 31.1 Å². The van der Waals surface area contributed by atoms with E-state index in [2.05, 4.69) is 5.32 Å². The van der Waals surface area contributed by atoms with Crippen LogP contribution in [-0.4, -0.2) is 34.5 Å². The van der Waals surface area contributed by atoms with Gasteiger partial charge in [0.1, 0.15) is 22.1 Å². The number of ketones is 2. The van der Waals surface area contributed by atoms with Crippen LogP contribution >= 0.6 is 58.0 Å². The van der Waals surface area contributed by atoms with Crippen LogP contribution in [0.1, 0.15) is 45.8 Å². The quantitative estimate of drug-likeness (QED) is 0.105.